The van der Waals surface area contributed by atoms with Gasteiger partial charge in [0.2, 0.25) is 5.95 Å². The fraction of sp³-hybridized carbons (Fsp3) is 0.133. The minimum Gasteiger partial charge on any atom is -0.496 e. The molecule has 0 fully saturated rings. The van der Waals surface area contributed by atoms with Crippen LogP contribution in [-0.4, -0.2) is 38.1 Å². The number of halogens is 1. The van der Waals surface area contributed by atoms with E-state index in [2.05, 4.69) is 31.0 Å². The molecule has 2 heterocycles. The highest BCUT2D eigenvalue weighted by Gasteiger charge is 2.17. The summed E-state index contributed by atoms with van der Waals surface area (Å²) in [5.41, 5.74) is 0.977. The lowest BCUT2D eigenvalue weighted by Gasteiger charge is -2.09. The van der Waals surface area contributed by atoms with Gasteiger partial charge >= 0.3 is 6.09 Å². The zero-order valence-corrected chi connectivity index (χ0v) is 14.9. The summed E-state index contributed by atoms with van der Waals surface area (Å²) in [6, 6.07) is 6.96. The summed E-state index contributed by atoms with van der Waals surface area (Å²) < 4.78 is 7.00. The van der Waals surface area contributed by atoms with E-state index in [4.69, 9.17) is 15.1 Å². The highest BCUT2D eigenvalue weighted by atomic mass is 79.9. The molecule has 0 atom stereocenters. The Morgan fingerprint density at radius 2 is 2.31 bits per heavy atom. The molecule has 3 aromatic rings. The SMILES string of the molecule is COc1cc(C#N)ccc1Cn1nc(Br)c2nc(NC(=O)O)[nH]c(=O)c21. The number of benzene rings is 1. The van der Waals surface area contributed by atoms with Crippen LogP contribution in [0.25, 0.3) is 11.0 Å². The summed E-state index contributed by atoms with van der Waals surface area (Å²) in [6.07, 6.45) is -1.35. The van der Waals surface area contributed by atoms with Crippen molar-refractivity contribution >= 4 is 39.0 Å². The van der Waals surface area contributed by atoms with Crippen molar-refractivity contribution < 1.29 is 14.6 Å². The number of carbonyl (C=O) groups is 1. The Labute approximate surface area is 154 Å². The number of hydrogen-bond acceptors (Lipinski definition) is 6. The molecule has 3 rings (SSSR count). The predicted molar refractivity (Wildman–Crippen MR) is 94.3 cm³/mol. The van der Waals surface area contributed by atoms with Gasteiger partial charge in [0.1, 0.15) is 11.3 Å². The van der Waals surface area contributed by atoms with Crippen molar-refractivity contribution in [3.63, 3.8) is 0 Å². The number of rotatable bonds is 4. The third kappa shape index (κ3) is 3.22. The van der Waals surface area contributed by atoms with Crippen LogP contribution < -0.4 is 15.6 Å². The maximum Gasteiger partial charge on any atom is 0.411 e. The molecule has 0 aliphatic heterocycles. The number of hydrogen-bond donors (Lipinski definition) is 3. The van der Waals surface area contributed by atoms with E-state index in [9.17, 15) is 9.59 Å². The van der Waals surface area contributed by atoms with Crippen LogP contribution in [0, 0.1) is 11.3 Å². The number of ether oxygens (including phenoxy) is 1. The maximum absolute atomic E-state index is 12.4. The van der Waals surface area contributed by atoms with Crippen LogP contribution in [0.5, 0.6) is 5.75 Å². The van der Waals surface area contributed by atoms with Crippen molar-refractivity contribution in [1.29, 1.82) is 5.26 Å². The van der Waals surface area contributed by atoms with Crippen LogP contribution in [-0.2, 0) is 6.54 Å². The molecule has 0 bridgehead atoms. The highest BCUT2D eigenvalue weighted by molar-refractivity contribution is 9.10. The second-order valence-corrected chi connectivity index (χ2v) is 5.88. The fourth-order valence-electron chi connectivity index (χ4n) is 2.43. The van der Waals surface area contributed by atoms with E-state index in [1.807, 2.05) is 11.4 Å². The van der Waals surface area contributed by atoms with Gasteiger partial charge in [0, 0.05) is 5.56 Å². The van der Waals surface area contributed by atoms with Gasteiger partial charge in [-0.05, 0) is 28.1 Å². The second kappa shape index (κ2) is 6.85. The largest absolute Gasteiger partial charge is 0.496 e. The summed E-state index contributed by atoms with van der Waals surface area (Å²) in [5.74, 6) is 0.281. The first kappa shape index (κ1) is 17.4. The van der Waals surface area contributed by atoms with E-state index < -0.39 is 11.7 Å². The first-order chi connectivity index (χ1) is 12.4. The number of nitriles is 1. The number of fused-ring (bicyclic) bond motifs is 1. The molecule has 132 valence electrons. The Bertz CT molecular complexity index is 1110. The minimum absolute atomic E-state index is 0.166. The van der Waals surface area contributed by atoms with Gasteiger partial charge in [0.25, 0.3) is 5.56 Å². The van der Waals surface area contributed by atoms with Gasteiger partial charge in [-0.1, -0.05) is 6.07 Å². The van der Waals surface area contributed by atoms with Crippen LogP contribution in [0.1, 0.15) is 11.1 Å². The molecule has 0 spiro atoms. The summed E-state index contributed by atoms with van der Waals surface area (Å²) in [7, 11) is 1.48. The van der Waals surface area contributed by atoms with Crippen molar-refractivity contribution in [2.75, 3.05) is 12.4 Å². The van der Waals surface area contributed by atoms with Crippen molar-refractivity contribution in [3.8, 4) is 11.8 Å². The normalized spacial score (nSPS) is 10.5. The summed E-state index contributed by atoms with van der Waals surface area (Å²) in [6.45, 7) is 0.188. The van der Waals surface area contributed by atoms with Gasteiger partial charge in [-0.15, -0.1) is 0 Å². The molecule has 2 aromatic heterocycles. The van der Waals surface area contributed by atoms with Crippen LogP contribution in [0.2, 0.25) is 0 Å². The number of anilines is 1. The van der Waals surface area contributed by atoms with Crippen LogP contribution in [0.4, 0.5) is 10.7 Å². The standard InChI is InChI=1S/C15H11BrN6O4/c1-26-9-4-7(5-17)2-3-8(9)6-22-11-10(12(16)21-22)18-14(19-13(11)23)20-15(24)25/h2-4H,6H2,1H3,(H,24,25)(H2,18,19,20,23). The number of nitrogens with zero attached hydrogens (tertiary/aromatic N) is 4. The smallest absolute Gasteiger partial charge is 0.411 e. The number of aromatic amines is 1. The third-order valence-electron chi connectivity index (χ3n) is 3.52. The highest BCUT2D eigenvalue weighted by Crippen LogP contribution is 2.24. The molecule has 1 aromatic carbocycles. The molecule has 0 unspecified atom stereocenters. The number of methoxy groups -OCH3 is 1. The van der Waals surface area contributed by atoms with Gasteiger partial charge < -0.3 is 9.84 Å². The van der Waals surface area contributed by atoms with Crippen LogP contribution in [0.15, 0.2) is 27.6 Å². The predicted octanol–water partition coefficient (Wildman–Crippen LogP) is 1.90. The topological polar surface area (TPSA) is 146 Å². The number of H-pyrrole nitrogens is 1. The Morgan fingerprint density at radius 3 is 2.96 bits per heavy atom. The molecule has 1 amide bonds. The summed E-state index contributed by atoms with van der Waals surface area (Å²) in [5, 5.41) is 24.0. The lowest BCUT2D eigenvalue weighted by atomic mass is 10.1. The number of aromatic nitrogens is 4. The second-order valence-electron chi connectivity index (χ2n) is 5.13. The fourth-order valence-corrected chi connectivity index (χ4v) is 2.90. The molecule has 0 saturated carbocycles. The summed E-state index contributed by atoms with van der Waals surface area (Å²) >= 11 is 3.23. The van der Waals surface area contributed by atoms with Crippen LogP contribution in [0.3, 0.4) is 0 Å². The van der Waals surface area contributed by atoms with E-state index >= 15 is 0 Å². The molecular weight excluding hydrogens is 408 g/mol. The minimum atomic E-state index is -1.35. The molecule has 0 aliphatic carbocycles. The van der Waals surface area contributed by atoms with Gasteiger partial charge in [-0.25, -0.2) is 9.78 Å². The van der Waals surface area contributed by atoms with Crippen LogP contribution >= 0.6 is 15.9 Å². The first-order valence-electron chi connectivity index (χ1n) is 7.16. The maximum atomic E-state index is 12.4. The number of nitrogens with one attached hydrogen (secondary N) is 2. The van der Waals surface area contributed by atoms with Gasteiger partial charge in [0.15, 0.2) is 10.1 Å². The third-order valence-corrected chi connectivity index (χ3v) is 4.05. The molecule has 3 N–H and O–H groups in total. The average molecular weight is 419 g/mol. The van der Waals surface area contributed by atoms with Gasteiger partial charge in [0.05, 0.1) is 25.3 Å². The lowest BCUT2D eigenvalue weighted by molar-refractivity contribution is 0.209. The lowest BCUT2D eigenvalue weighted by Crippen LogP contribution is -2.18. The monoisotopic (exact) mass is 418 g/mol. The van der Waals surface area contributed by atoms with Crippen molar-refractivity contribution in [2.24, 2.45) is 0 Å². The quantitative estimate of drug-likeness (QED) is 0.585. The molecule has 0 saturated heterocycles. The Morgan fingerprint density at radius 1 is 1.54 bits per heavy atom. The molecule has 10 nitrogen and oxygen atoms in total. The van der Waals surface area contributed by atoms with E-state index in [0.29, 0.717) is 21.5 Å². The Kier molecular flexibility index (Phi) is 4.59. The van der Waals surface area contributed by atoms with Crippen molar-refractivity contribution in [1.82, 2.24) is 19.7 Å². The molecular formula is C15H11BrN6O4. The van der Waals surface area contributed by atoms with Crippen molar-refractivity contribution in [3.05, 3.63) is 44.3 Å². The average Bonchev–Trinajstić information content (AvgIpc) is 2.90. The molecule has 26 heavy (non-hydrogen) atoms. The zero-order valence-electron chi connectivity index (χ0n) is 13.3. The van der Waals surface area contributed by atoms with Gasteiger partial charge in [-0.3, -0.25) is 19.8 Å². The van der Waals surface area contributed by atoms with Crippen molar-refractivity contribution in [2.45, 2.75) is 6.54 Å². The van der Waals surface area contributed by atoms with E-state index in [0.717, 1.165) is 0 Å². The zero-order chi connectivity index (χ0) is 18.8. The Hall–Kier alpha value is -3.39. The molecule has 0 radical (unpaired) electrons. The summed E-state index contributed by atoms with van der Waals surface area (Å²) in [4.78, 5) is 29.5. The molecule has 0 aliphatic rings. The molecule has 11 heteroatoms. The van der Waals surface area contributed by atoms with E-state index in [1.165, 1.54) is 11.8 Å². The number of amides is 1. The van der Waals surface area contributed by atoms with Gasteiger partial charge in [-0.2, -0.15) is 10.4 Å². The first-order valence-corrected chi connectivity index (χ1v) is 7.95. The number of carboxylic acid groups (broad SMARTS) is 1. The van der Waals surface area contributed by atoms with E-state index in [1.54, 1.807) is 18.2 Å². The van der Waals surface area contributed by atoms with E-state index in [-0.39, 0.29) is 23.5 Å². The Balaban J connectivity index is 2.09.